The van der Waals surface area contributed by atoms with Gasteiger partial charge in [0.2, 0.25) is 0 Å². The van der Waals surface area contributed by atoms with Gasteiger partial charge < -0.3 is 4.79 Å². The van der Waals surface area contributed by atoms with E-state index in [0.717, 1.165) is 31.5 Å². The largest absolute Gasteiger partial charge is 0.303 e. The van der Waals surface area contributed by atoms with E-state index in [1.54, 1.807) is 5.57 Å². The van der Waals surface area contributed by atoms with Crippen LogP contribution in [0.4, 0.5) is 0 Å². The fraction of sp³-hybridized carbons (Fsp3) is 0.615. The Hall–Kier alpha value is -0.850. The molecule has 14 heavy (non-hydrogen) atoms. The first-order chi connectivity index (χ1) is 6.90. The highest BCUT2D eigenvalue weighted by atomic mass is 16.1. The summed E-state index contributed by atoms with van der Waals surface area (Å²) in [6.07, 6.45) is 15.0. The van der Waals surface area contributed by atoms with Crippen molar-refractivity contribution in [2.75, 3.05) is 0 Å². The van der Waals surface area contributed by atoms with Crippen LogP contribution in [0, 0.1) is 11.8 Å². The second-order valence-corrected chi connectivity index (χ2v) is 4.44. The first-order valence-corrected chi connectivity index (χ1v) is 5.69. The maximum absolute atomic E-state index is 10.7. The zero-order valence-corrected chi connectivity index (χ0v) is 8.61. The van der Waals surface area contributed by atoms with E-state index < -0.39 is 0 Å². The molecule has 2 aliphatic rings. The predicted molar refractivity (Wildman–Crippen MR) is 58.0 cm³/mol. The van der Waals surface area contributed by atoms with Gasteiger partial charge >= 0.3 is 0 Å². The van der Waals surface area contributed by atoms with E-state index >= 15 is 0 Å². The van der Waals surface area contributed by atoms with Crippen molar-refractivity contribution < 1.29 is 4.79 Å². The van der Waals surface area contributed by atoms with E-state index in [4.69, 9.17) is 0 Å². The van der Waals surface area contributed by atoms with Gasteiger partial charge in [-0.2, -0.15) is 0 Å². The number of hydrogen-bond donors (Lipinski definition) is 0. The number of carbonyl (C=O) groups excluding carboxylic acids is 1. The maximum atomic E-state index is 10.7. The average Bonchev–Trinajstić information content (AvgIpc) is 2.30. The molecule has 0 bridgehead atoms. The van der Waals surface area contributed by atoms with E-state index in [2.05, 4.69) is 18.2 Å². The van der Waals surface area contributed by atoms with Crippen molar-refractivity contribution in [3.05, 3.63) is 23.8 Å². The molecule has 1 heteroatoms. The summed E-state index contributed by atoms with van der Waals surface area (Å²) in [5.41, 5.74) is 1.55. The molecular weight excluding hydrogens is 172 g/mol. The van der Waals surface area contributed by atoms with Gasteiger partial charge in [0.1, 0.15) is 6.29 Å². The lowest BCUT2D eigenvalue weighted by atomic mass is 9.79. The molecule has 0 heterocycles. The topological polar surface area (TPSA) is 17.1 Å². The third-order valence-corrected chi connectivity index (χ3v) is 3.43. The van der Waals surface area contributed by atoms with Gasteiger partial charge in [0, 0.05) is 5.92 Å². The Morgan fingerprint density at radius 3 is 2.86 bits per heavy atom. The zero-order chi connectivity index (χ0) is 9.80. The van der Waals surface area contributed by atoms with Gasteiger partial charge in [-0.15, -0.1) is 0 Å². The molecule has 0 aliphatic heterocycles. The molecule has 0 spiro atoms. The van der Waals surface area contributed by atoms with Gasteiger partial charge in [-0.1, -0.05) is 23.8 Å². The summed E-state index contributed by atoms with van der Waals surface area (Å²) in [6.45, 7) is 0. The highest BCUT2D eigenvalue weighted by Crippen LogP contribution is 2.33. The average molecular weight is 190 g/mol. The first-order valence-electron chi connectivity index (χ1n) is 5.69. The van der Waals surface area contributed by atoms with E-state index in [1.807, 2.05) is 0 Å². The first kappa shape index (κ1) is 9.70. The van der Waals surface area contributed by atoms with Crippen molar-refractivity contribution in [2.45, 2.75) is 38.5 Å². The normalized spacial score (nSPS) is 32.4. The van der Waals surface area contributed by atoms with Gasteiger partial charge in [0.15, 0.2) is 0 Å². The van der Waals surface area contributed by atoms with Crippen molar-refractivity contribution in [3.8, 4) is 0 Å². The molecule has 76 valence electrons. The van der Waals surface area contributed by atoms with Gasteiger partial charge in [-0.25, -0.2) is 0 Å². The van der Waals surface area contributed by atoms with Crippen LogP contribution in [-0.2, 0) is 4.79 Å². The lowest BCUT2D eigenvalue weighted by molar-refractivity contribution is -0.111. The van der Waals surface area contributed by atoms with Crippen LogP contribution in [0.15, 0.2) is 23.8 Å². The molecule has 0 aromatic heterocycles. The van der Waals surface area contributed by atoms with Crippen LogP contribution in [-0.4, -0.2) is 6.29 Å². The molecule has 0 fully saturated rings. The highest BCUT2D eigenvalue weighted by Gasteiger charge is 2.21. The Kier molecular flexibility index (Phi) is 3.18. The third kappa shape index (κ3) is 2.14. The number of carbonyl (C=O) groups is 1. The monoisotopic (exact) mass is 190 g/mol. The summed E-state index contributed by atoms with van der Waals surface area (Å²) in [5, 5.41) is 0. The van der Waals surface area contributed by atoms with Crippen LogP contribution in [0.5, 0.6) is 0 Å². The second-order valence-electron chi connectivity index (χ2n) is 4.44. The summed E-state index contributed by atoms with van der Waals surface area (Å²) in [7, 11) is 0. The van der Waals surface area contributed by atoms with Crippen molar-refractivity contribution in [3.63, 3.8) is 0 Å². The van der Waals surface area contributed by atoms with Gasteiger partial charge in [0.25, 0.3) is 0 Å². The lowest BCUT2D eigenvalue weighted by Crippen LogP contribution is -2.15. The van der Waals surface area contributed by atoms with E-state index in [9.17, 15) is 4.79 Å². The van der Waals surface area contributed by atoms with Crippen LogP contribution in [0.25, 0.3) is 0 Å². The molecular formula is C13H18O. The van der Waals surface area contributed by atoms with E-state index in [0.29, 0.717) is 5.92 Å². The third-order valence-electron chi connectivity index (χ3n) is 3.43. The molecule has 0 saturated carbocycles. The Bertz CT molecular complexity index is 262. The summed E-state index contributed by atoms with van der Waals surface area (Å²) < 4.78 is 0. The number of rotatable bonds is 2. The minimum absolute atomic E-state index is 0.306. The maximum Gasteiger partial charge on any atom is 0.123 e. The minimum Gasteiger partial charge on any atom is -0.303 e. The molecule has 2 rings (SSSR count). The van der Waals surface area contributed by atoms with Crippen molar-refractivity contribution in [1.82, 2.24) is 0 Å². The molecule has 0 N–H and O–H groups in total. The van der Waals surface area contributed by atoms with Crippen molar-refractivity contribution in [2.24, 2.45) is 11.8 Å². The standard InChI is InChI=1S/C13H18O/c14-10-11-5-4-8-13(9-11)12-6-2-1-3-7-12/h1-2,8,10-12H,3-7,9H2. The predicted octanol–water partition coefficient (Wildman–Crippen LogP) is 3.27. The van der Waals surface area contributed by atoms with E-state index in [1.165, 1.54) is 19.3 Å². The van der Waals surface area contributed by atoms with Crippen LogP contribution in [0.1, 0.15) is 38.5 Å². The fourth-order valence-electron chi connectivity index (χ4n) is 2.55. The molecule has 0 aromatic carbocycles. The molecule has 2 unspecified atom stereocenters. The van der Waals surface area contributed by atoms with E-state index in [-0.39, 0.29) is 0 Å². The Labute approximate surface area is 85.9 Å². The second kappa shape index (κ2) is 4.59. The Balaban J connectivity index is 1.99. The number of hydrogen-bond acceptors (Lipinski definition) is 1. The molecule has 2 atom stereocenters. The summed E-state index contributed by atoms with van der Waals surface area (Å²) in [6, 6.07) is 0. The van der Waals surface area contributed by atoms with Crippen LogP contribution >= 0.6 is 0 Å². The van der Waals surface area contributed by atoms with Gasteiger partial charge in [-0.3, -0.25) is 0 Å². The zero-order valence-electron chi connectivity index (χ0n) is 8.61. The smallest absolute Gasteiger partial charge is 0.123 e. The SMILES string of the molecule is O=CC1CCC=C(C2CC=CCC2)C1. The minimum atomic E-state index is 0.306. The molecule has 2 aliphatic carbocycles. The van der Waals surface area contributed by atoms with Crippen LogP contribution in [0.2, 0.25) is 0 Å². The molecule has 0 saturated heterocycles. The molecule has 1 nitrogen and oxygen atoms in total. The highest BCUT2D eigenvalue weighted by molar-refractivity contribution is 5.54. The molecule has 0 amide bonds. The van der Waals surface area contributed by atoms with Crippen LogP contribution < -0.4 is 0 Å². The number of aldehydes is 1. The van der Waals surface area contributed by atoms with Crippen molar-refractivity contribution >= 4 is 6.29 Å². The summed E-state index contributed by atoms with van der Waals surface area (Å²) in [5.74, 6) is 1.05. The van der Waals surface area contributed by atoms with Gasteiger partial charge in [-0.05, 0) is 44.4 Å². The number of allylic oxidation sites excluding steroid dienone is 4. The van der Waals surface area contributed by atoms with Crippen LogP contribution in [0.3, 0.4) is 0 Å². The lowest BCUT2D eigenvalue weighted by Gasteiger charge is -2.26. The quantitative estimate of drug-likeness (QED) is 0.482. The van der Waals surface area contributed by atoms with Crippen molar-refractivity contribution in [1.29, 1.82) is 0 Å². The Morgan fingerprint density at radius 1 is 1.21 bits per heavy atom. The molecule has 0 aromatic rings. The summed E-state index contributed by atoms with van der Waals surface area (Å²) in [4.78, 5) is 10.7. The fourth-order valence-corrected chi connectivity index (χ4v) is 2.55. The summed E-state index contributed by atoms with van der Waals surface area (Å²) >= 11 is 0. The molecule has 0 radical (unpaired) electrons. The van der Waals surface area contributed by atoms with Gasteiger partial charge in [0.05, 0.1) is 0 Å². The Morgan fingerprint density at radius 2 is 2.14 bits per heavy atom.